The molecule has 1 aliphatic carbocycles. The van der Waals surface area contributed by atoms with Crippen LogP contribution in [0.2, 0.25) is 0 Å². The highest BCUT2D eigenvalue weighted by atomic mass is 16.3. The highest BCUT2D eigenvalue weighted by molar-refractivity contribution is 6.23. The van der Waals surface area contributed by atoms with E-state index in [0.717, 1.165) is 67.8 Å². The van der Waals surface area contributed by atoms with Gasteiger partial charge in [0.1, 0.15) is 11.2 Å². The van der Waals surface area contributed by atoms with E-state index in [1.807, 2.05) is 0 Å². The molecule has 0 atom stereocenters. The van der Waals surface area contributed by atoms with E-state index in [0.29, 0.717) is 0 Å². The molecule has 256 valence electrons. The van der Waals surface area contributed by atoms with Crippen LogP contribution in [0, 0.1) is 0 Å². The lowest BCUT2D eigenvalue weighted by Crippen LogP contribution is -2.16. The van der Waals surface area contributed by atoms with Crippen molar-refractivity contribution in [2.24, 2.45) is 4.99 Å². The maximum absolute atomic E-state index is 6.76. The van der Waals surface area contributed by atoms with E-state index < -0.39 is 0 Å². The molecule has 0 spiro atoms. The van der Waals surface area contributed by atoms with Gasteiger partial charge in [0, 0.05) is 45.4 Å². The summed E-state index contributed by atoms with van der Waals surface area (Å²) in [5.74, 6) is 0. The Hall–Kier alpha value is -6.71. The van der Waals surface area contributed by atoms with Crippen LogP contribution in [0.25, 0.3) is 55.0 Å². The van der Waals surface area contributed by atoms with E-state index in [4.69, 9.17) is 9.41 Å². The third-order valence-electron chi connectivity index (χ3n) is 11.7. The Kier molecular flexibility index (Phi) is 6.66. The number of aliphatic imine (C=N–C) groups is 1. The van der Waals surface area contributed by atoms with Gasteiger partial charge in [0.2, 0.25) is 0 Å². The summed E-state index contributed by atoms with van der Waals surface area (Å²) in [6, 6.07) is 61.4. The van der Waals surface area contributed by atoms with E-state index in [-0.39, 0.29) is 5.41 Å². The van der Waals surface area contributed by atoms with Crippen LogP contribution in [0.5, 0.6) is 0 Å². The van der Waals surface area contributed by atoms with Gasteiger partial charge in [-0.2, -0.15) is 0 Å². The number of benzene rings is 8. The molecule has 0 N–H and O–H groups in total. The molecule has 3 heteroatoms. The van der Waals surface area contributed by atoms with Crippen molar-refractivity contribution >= 4 is 61.2 Å². The van der Waals surface area contributed by atoms with Crippen molar-refractivity contribution in [2.75, 3.05) is 4.90 Å². The van der Waals surface area contributed by atoms with Crippen LogP contribution in [-0.2, 0) is 11.8 Å². The monoisotopic (exact) mass is 692 g/mol. The van der Waals surface area contributed by atoms with Crippen LogP contribution in [-0.4, -0.2) is 5.71 Å². The predicted molar refractivity (Wildman–Crippen MR) is 225 cm³/mol. The number of fused-ring (bicyclic) bond motifs is 9. The zero-order valence-corrected chi connectivity index (χ0v) is 30.2. The fourth-order valence-corrected chi connectivity index (χ4v) is 8.98. The maximum atomic E-state index is 6.76. The van der Waals surface area contributed by atoms with Gasteiger partial charge in [0.15, 0.2) is 0 Å². The minimum absolute atomic E-state index is 0.127. The van der Waals surface area contributed by atoms with E-state index >= 15 is 0 Å². The smallest absolute Gasteiger partial charge is 0.138 e. The van der Waals surface area contributed by atoms with Gasteiger partial charge >= 0.3 is 0 Å². The molecule has 0 fully saturated rings. The number of hydrogen-bond acceptors (Lipinski definition) is 3. The Balaban J connectivity index is 1.12. The van der Waals surface area contributed by atoms with Crippen molar-refractivity contribution in [1.29, 1.82) is 0 Å². The van der Waals surface area contributed by atoms with Crippen LogP contribution in [0.15, 0.2) is 179 Å². The first-order chi connectivity index (χ1) is 26.5. The van der Waals surface area contributed by atoms with Gasteiger partial charge in [-0.25, -0.2) is 0 Å². The Morgan fingerprint density at radius 2 is 1.20 bits per heavy atom. The average Bonchev–Trinajstić information content (AvgIpc) is 3.89. The third kappa shape index (κ3) is 4.65. The van der Waals surface area contributed by atoms with Crippen LogP contribution in [0.3, 0.4) is 0 Å². The number of hydrogen-bond donors (Lipinski definition) is 0. The van der Waals surface area contributed by atoms with Gasteiger partial charge in [0.25, 0.3) is 0 Å². The number of nitrogens with zero attached hydrogens (tertiary/aromatic N) is 2. The normalized spacial score (nSPS) is 13.9. The van der Waals surface area contributed by atoms with Crippen LogP contribution < -0.4 is 4.90 Å². The second-order valence-electron chi connectivity index (χ2n) is 15.1. The lowest BCUT2D eigenvalue weighted by Gasteiger charge is -2.29. The number of para-hydroxylation sites is 1. The molecule has 54 heavy (non-hydrogen) atoms. The summed E-state index contributed by atoms with van der Waals surface area (Å²) >= 11 is 0. The SMILES string of the molecule is CC1(C)c2ccccc2-c2ccc(N(c3ccc(-c4ccccc4)cc3)c3cc4oc5ccc(C6=Nc7ccccc7C6)cc5c4c4ccccc34)cc21. The highest BCUT2D eigenvalue weighted by Crippen LogP contribution is 2.52. The minimum atomic E-state index is -0.127. The van der Waals surface area contributed by atoms with Crippen molar-refractivity contribution < 1.29 is 4.42 Å². The van der Waals surface area contributed by atoms with Crippen LogP contribution in [0.1, 0.15) is 36.1 Å². The minimum Gasteiger partial charge on any atom is -0.456 e. The molecule has 2 heterocycles. The molecule has 11 rings (SSSR count). The molecule has 0 unspecified atom stereocenters. The first kappa shape index (κ1) is 30.9. The highest BCUT2D eigenvalue weighted by Gasteiger charge is 2.36. The summed E-state index contributed by atoms with van der Waals surface area (Å²) in [5.41, 5.74) is 17.2. The van der Waals surface area contributed by atoms with Gasteiger partial charge in [-0.3, -0.25) is 4.99 Å². The fourth-order valence-electron chi connectivity index (χ4n) is 8.98. The molecular weight excluding hydrogens is 657 g/mol. The topological polar surface area (TPSA) is 28.7 Å². The number of furan rings is 1. The van der Waals surface area contributed by atoms with Gasteiger partial charge in [0.05, 0.1) is 17.1 Å². The zero-order valence-electron chi connectivity index (χ0n) is 30.2. The molecule has 1 aliphatic heterocycles. The Bertz CT molecular complexity index is 2990. The second kappa shape index (κ2) is 11.6. The van der Waals surface area contributed by atoms with Gasteiger partial charge in [-0.15, -0.1) is 0 Å². The maximum Gasteiger partial charge on any atom is 0.138 e. The Morgan fingerprint density at radius 1 is 0.519 bits per heavy atom. The first-order valence-electron chi connectivity index (χ1n) is 18.8. The van der Waals surface area contributed by atoms with E-state index in [9.17, 15) is 0 Å². The predicted octanol–water partition coefficient (Wildman–Crippen LogP) is 13.9. The lowest BCUT2D eigenvalue weighted by atomic mass is 9.82. The van der Waals surface area contributed by atoms with Gasteiger partial charge in [-0.1, -0.05) is 129 Å². The van der Waals surface area contributed by atoms with E-state index in [2.05, 4.69) is 189 Å². The van der Waals surface area contributed by atoms with Crippen molar-refractivity contribution in [3.05, 3.63) is 192 Å². The number of rotatable bonds is 5. The molecule has 0 saturated carbocycles. The van der Waals surface area contributed by atoms with Gasteiger partial charge < -0.3 is 9.32 Å². The van der Waals surface area contributed by atoms with Crippen molar-refractivity contribution in [3.8, 4) is 22.3 Å². The van der Waals surface area contributed by atoms with Crippen molar-refractivity contribution in [1.82, 2.24) is 0 Å². The summed E-state index contributed by atoms with van der Waals surface area (Å²) in [5, 5.41) is 4.57. The lowest BCUT2D eigenvalue weighted by molar-refractivity contribution is 0.660. The molecular formula is C51H36N2O. The first-order valence-corrected chi connectivity index (χ1v) is 18.8. The van der Waals surface area contributed by atoms with E-state index in [1.54, 1.807) is 0 Å². The summed E-state index contributed by atoms with van der Waals surface area (Å²) < 4.78 is 6.76. The Labute approximate surface area is 314 Å². The third-order valence-corrected chi connectivity index (χ3v) is 11.7. The summed E-state index contributed by atoms with van der Waals surface area (Å²) in [6.07, 6.45) is 0.836. The molecule has 0 radical (unpaired) electrons. The largest absolute Gasteiger partial charge is 0.456 e. The molecule has 0 saturated heterocycles. The quantitative estimate of drug-likeness (QED) is 0.180. The molecule has 9 aromatic rings. The second-order valence-corrected chi connectivity index (χ2v) is 15.1. The zero-order chi connectivity index (χ0) is 36.0. The van der Waals surface area contributed by atoms with Gasteiger partial charge in [-0.05, 0) is 98.4 Å². The van der Waals surface area contributed by atoms with E-state index in [1.165, 1.54) is 44.3 Å². The molecule has 3 nitrogen and oxygen atoms in total. The number of anilines is 3. The summed E-state index contributed by atoms with van der Waals surface area (Å²) in [6.45, 7) is 4.70. The molecule has 0 bridgehead atoms. The molecule has 8 aromatic carbocycles. The Morgan fingerprint density at radius 3 is 2.06 bits per heavy atom. The molecule has 1 aromatic heterocycles. The standard InChI is InChI=1S/C51H36N2O/c1-51(2)43-18-10-9-15-38(43)39-26-25-37(30-44(39)51)53(36-23-20-33(21-24-36)32-12-4-3-5-13-32)47-31-49-50(41-17-8-7-16-40(41)47)42-28-35(22-27-48(42)54-49)46-29-34-14-6-11-19-45(34)52-46/h3-28,30-31H,29H2,1-2H3. The summed E-state index contributed by atoms with van der Waals surface area (Å²) in [7, 11) is 0. The summed E-state index contributed by atoms with van der Waals surface area (Å²) in [4.78, 5) is 7.43. The van der Waals surface area contributed by atoms with Crippen LogP contribution >= 0.6 is 0 Å². The van der Waals surface area contributed by atoms with Crippen molar-refractivity contribution in [3.63, 3.8) is 0 Å². The van der Waals surface area contributed by atoms with Crippen LogP contribution in [0.4, 0.5) is 22.7 Å². The average molecular weight is 693 g/mol. The van der Waals surface area contributed by atoms with Crippen molar-refractivity contribution in [2.45, 2.75) is 25.7 Å². The fraction of sp³-hybridized carbons (Fsp3) is 0.0784. The molecule has 2 aliphatic rings. The molecule has 0 amide bonds.